The highest BCUT2D eigenvalue weighted by Crippen LogP contribution is 2.12. The van der Waals surface area contributed by atoms with Gasteiger partial charge in [-0.2, -0.15) is 0 Å². The number of carbonyl (C=O) groups excluding carboxylic acids is 3. The molecule has 0 bridgehead atoms. The number of hydrogen-bond donors (Lipinski definition) is 0. The molecular weight excluding hydrogens is 721 g/mol. The second-order valence-electron chi connectivity index (χ2n) is 14.9. The van der Waals surface area contributed by atoms with Crippen LogP contribution in [0.1, 0.15) is 194 Å². The Balaban J connectivity index is 4.48. The fourth-order valence-electron chi connectivity index (χ4n) is 5.86. The maximum Gasteiger partial charge on any atom is 0.306 e. The first-order valence-electron chi connectivity index (χ1n) is 23.2. The third-order valence-corrected chi connectivity index (χ3v) is 9.30. The van der Waals surface area contributed by atoms with E-state index in [0.717, 1.165) is 89.9 Å². The van der Waals surface area contributed by atoms with Crippen molar-refractivity contribution in [2.75, 3.05) is 13.2 Å². The molecule has 6 heteroatoms. The molecule has 0 aliphatic carbocycles. The Bertz CT molecular complexity index is 1200. The van der Waals surface area contributed by atoms with Crippen LogP contribution < -0.4 is 0 Å². The van der Waals surface area contributed by atoms with Gasteiger partial charge in [0.2, 0.25) is 0 Å². The van der Waals surface area contributed by atoms with Gasteiger partial charge in [0.15, 0.2) is 6.10 Å². The molecule has 58 heavy (non-hydrogen) atoms. The Morgan fingerprint density at radius 1 is 0.362 bits per heavy atom. The molecule has 0 aromatic heterocycles. The predicted octanol–water partition coefficient (Wildman–Crippen LogP) is 15.0. The summed E-state index contributed by atoms with van der Waals surface area (Å²) in [5.74, 6) is -1.03. The third-order valence-electron chi connectivity index (χ3n) is 9.30. The zero-order valence-corrected chi connectivity index (χ0v) is 37.3. The van der Waals surface area contributed by atoms with Crippen LogP contribution in [0.5, 0.6) is 0 Å². The number of carbonyl (C=O) groups is 3. The largest absolute Gasteiger partial charge is 0.462 e. The molecule has 328 valence electrons. The molecule has 0 fully saturated rings. The fourth-order valence-corrected chi connectivity index (χ4v) is 5.86. The number of unbranched alkanes of at least 4 members (excludes halogenated alkanes) is 13. The highest BCUT2D eigenvalue weighted by atomic mass is 16.6. The Kier molecular flexibility index (Phi) is 43.1. The maximum atomic E-state index is 12.7. The summed E-state index contributed by atoms with van der Waals surface area (Å²) in [5, 5.41) is 0. The van der Waals surface area contributed by atoms with E-state index in [9.17, 15) is 14.4 Å². The van der Waals surface area contributed by atoms with Crippen LogP contribution in [0.3, 0.4) is 0 Å². The van der Waals surface area contributed by atoms with Crippen molar-refractivity contribution in [1.82, 2.24) is 0 Å². The molecule has 6 nitrogen and oxygen atoms in total. The standard InChI is InChI=1S/C52H84O6/c1-4-7-10-13-16-19-22-24-25-26-27-28-31-33-36-39-42-45-51(54)57-48-49(47-56-50(53)44-41-38-35-32-29-21-18-15-12-9-6-3)58-52(55)46-43-40-37-34-30-23-20-17-14-11-8-5-2/h8-9,11-12,16-21,24-25,30,32,34-35,49H,4-7,10,13-15,22-23,26-29,31,33,36-48H2,1-3H3/b11-8-,12-9-,19-16-,20-17-,21-18-,25-24-,34-30-,35-32-. The Labute approximate surface area is 356 Å². The molecule has 0 aromatic carbocycles. The van der Waals surface area contributed by atoms with Crippen molar-refractivity contribution in [3.8, 4) is 0 Å². The van der Waals surface area contributed by atoms with Crippen LogP contribution in [0.4, 0.5) is 0 Å². The summed E-state index contributed by atoms with van der Waals surface area (Å²) in [6.45, 7) is 6.26. The third kappa shape index (κ3) is 43.5. The van der Waals surface area contributed by atoms with E-state index in [2.05, 4.69) is 118 Å². The van der Waals surface area contributed by atoms with Gasteiger partial charge in [0.1, 0.15) is 13.2 Å². The van der Waals surface area contributed by atoms with Crippen LogP contribution in [0.25, 0.3) is 0 Å². The first-order valence-corrected chi connectivity index (χ1v) is 23.2. The molecule has 0 N–H and O–H groups in total. The van der Waals surface area contributed by atoms with Crippen LogP contribution in [0.15, 0.2) is 97.2 Å². The van der Waals surface area contributed by atoms with E-state index in [0.29, 0.717) is 19.3 Å². The zero-order valence-electron chi connectivity index (χ0n) is 37.3. The number of rotatable bonds is 40. The zero-order chi connectivity index (χ0) is 42.3. The number of hydrogen-bond acceptors (Lipinski definition) is 6. The quantitative estimate of drug-likeness (QED) is 0.0266. The second kappa shape index (κ2) is 46.0. The van der Waals surface area contributed by atoms with Crippen LogP contribution in [-0.4, -0.2) is 37.2 Å². The molecule has 0 radical (unpaired) electrons. The Hall–Kier alpha value is -3.67. The Morgan fingerprint density at radius 3 is 1.16 bits per heavy atom. The van der Waals surface area contributed by atoms with Crippen LogP contribution in [0, 0.1) is 0 Å². The minimum atomic E-state index is -0.819. The molecule has 0 aliphatic rings. The number of allylic oxidation sites excluding steroid dienone is 16. The first kappa shape index (κ1) is 54.3. The summed E-state index contributed by atoms with van der Waals surface area (Å²) in [6, 6.07) is 0. The molecule has 1 atom stereocenters. The predicted molar refractivity (Wildman–Crippen MR) is 247 cm³/mol. The lowest BCUT2D eigenvalue weighted by atomic mass is 10.1. The minimum absolute atomic E-state index is 0.115. The van der Waals surface area contributed by atoms with E-state index in [4.69, 9.17) is 14.2 Å². The van der Waals surface area contributed by atoms with E-state index in [1.807, 2.05) is 0 Å². The van der Waals surface area contributed by atoms with E-state index >= 15 is 0 Å². The first-order chi connectivity index (χ1) is 28.5. The van der Waals surface area contributed by atoms with E-state index in [-0.39, 0.29) is 44.0 Å². The van der Waals surface area contributed by atoms with Crippen molar-refractivity contribution in [1.29, 1.82) is 0 Å². The summed E-state index contributed by atoms with van der Waals surface area (Å²) in [7, 11) is 0. The molecule has 0 saturated carbocycles. The van der Waals surface area contributed by atoms with Crippen LogP contribution in [0.2, 0.25) is 0 Å². The van der Waals surface area contributed by atoms with Gasteiger partial charge in [-0.3, -0.25) is 14.4 Å². The highest BCUT2D eigenvalue weighted by Gasteiger charge is 2.19. The van der Waals surface area contributed by atoms with E-state index in [1.54, 1.807) is 0 Å². The van der Waals surface area contributed by atoms with Crippen molar-refractivity contribution in [3.05, 3.63) is 97.2 Å². The van der Waals surface area contributed by atoms with Gasteiger partial charge < -0.3 is 14.2 Å². The van der Waals surface area contributed by atoms with Crippen molar-refractivity contribution >= 4 is 17.9 Å². The lowest BCUT2D eigenvalue weighted by Gasteiger charge is -2.18. The average Bonchev–Trinajstić information content (AvgIpc) is 3.22. The molecule has 0 spiro atoms. The molecule has 0 aromatic rings. The van der Waals surface area contributed by atoms with Gasteiger partial charge in [0.25, 0.3) is 0 Å². The summed E-state index contributed by atoms with van der Waals surface area (Å²) >= 11 is 0. The summed E-state index contributed by atoms with van der Waals surface area (Å²) < 4.78 is 16.6. The molecule has 0 heterocycles. The van der Waals surface area contributed by atoms with Gasteiger partial charge in [-0.25, -0.2) is 0 Å². The topological polar surface area (TPSA) is 78.9 Å². The maximum absolute atomic E-state index is 12.7. The van der Waals surface area contributed by atoms with Gasteiger partial charge in [0.05, 0.1) is 0 Å². The summed E-state index contributed by atoms with van der Waals surface area (Å²) in [5.41, 5.74) is 0. The van der Waals surface area contributed by atoms with Gasteiger partial charge in [-0.1, -0.05) is 163 Å². The molecule has 0 rings (SSSR count). The monoisotopic (exact) mass is 805 g/mol. The number of ether oxygens (including phenoxy) is 3. The lowest BCUT2D eigenvalue weighted by molar-refractivity contribution is -0.167. The van der Waals surface area contributed by atoms with Gasteiger partial charge in [-0.05, 0) is 109 Å². The highest BCUT2D eigenvalue weighted by molar-refractivity contribution is 5.71. The molecular formula is C52H84O6. The van der Waals surface area contributed by atoms with Crippen LogP contribution in [-0.2, 0) is 28.6 Å². The minimum Gasteiger partial charge on any atom is -0.462 e. The summed E-state index contributed by atoms with van der Waals surface area (Å²) in [6.07, 6.45) is 59.8. The normalized spacial score (nSPS) is 12.9. The van der Waals surface area contributed by atoms with Gasteiger partial charge in [-0.15, -0.1) is 0 Å². The van der Waals surface area contributed by atoms with Crippen LogP contribution >= 0.6 is 0 Å². The summed E-state index contributed by atoms with van der Waals surface area (Å²) in [4.78, 5) is 37.7. The molecule has 0 aliphatic heterocycles. The van der Waals surface area contributed by atoms with Crippen molar-refractivity contribution in [2.45, 2.75) is 200 Å². The smallest absolute Gasteiger partial charge is 0.306 e. The molecule has 1 unspecified atom stereocenters. The fraction of sp³-hybridized carbons (Fsp3) is 0.635. The average molecular weight is 805 g/mol. The number of esters is 3. The molecule has 0 amide bonds. The van der Waals surface area contributed by atoms with Gasteiger partial charge in [0, 0.05) is 19.3 Å². The SMILES string of the molecule is CC/C=C\C/C=C\C/C=C\CCCCC(=O)OC(COC(=O)CCC/C=C\C/C=C\C/C=C\CC)COC(=O)CCCCCCCCC/C=C\C/C=C\CCCCC. The Morgan fingerprint density at radius 2 is 0.690 bits per heavy atom. The van der Waals surface area contributed by atoms with E-state index in [1.165, 1.54) is 51.4 Å². The lowest BCUT2D eigenvalue weighted by Crippen LogP contribution is -2.30. The second-order valence-corrected chi connectivity index (χ2v) is 14.9. The van der Waals surface area contributed by atoms with Crippen molar-refractivity contribution < 1.29 is 28.6 Å². The van der Waals surface area contributed by atoms with Crippen molar-refractivity contribution in [2.24, 2.45) is 0 Å². The molecule has 0 saturated heterocycles. The van der Waals surface area contributed by atoms with Gasteiger partial charge >= 0.3 is 17.9 Å². The van der Waals surface area contributed by atoms with E-state index < -0.39 is 6.10 Å². The van der Waals surface area contributed by atoms with Crippen molar-refractivity contribution in [3.63, 3.8) is 0 Å².